The van der Waals surface area contributed by atoms with Crippen LogP contribution >= 0.6 is 0 Å². The number of pyridine rings is 1. The largest absolute Gasteiger partial charge is 0.478 e. The van der Waals surface area contributed by atoms with Crippen LogP contribution in [0.1, 0.15) is 36.3 Å². The van der Waals surface area contributed by atoms with Crippen molar-refractivity contribution in [3.05, 3.63) is 23.4 Å². The molecule has 1 rings (SSSR count). The van der Waals surface area contributed by atoms with Crippen LogP contribution in [-0.2, 0) is 0 Å². The number of anilines is 1. The van der Waals surface area contributed by atoms with Gasteiger partial charge in [-0.1, -0.05) is 13.8 Å². The zero-order valence-corrected chi connectivity index (χ0v) is 11.0. The second-order valence-corrected chi connectivity index (χ2v) is 4.80. The SMILES string of the molecule is Cc1nc(NCC(O)CC(C)C)ccc1C(=O)O. The number of aliphatic hydroxyl groups excluding tert-OH is 1. The average Bonchev–Trinajstić information content (AvgIpc) is 2.25. The summed E-state index contributed by atoms with van der Waals surface area (Å²) in [5.41, 5.74) is 0.661. The lowest BCUT2D eigenvalue weighted by atomic mass is 10.1. The molecule has 0 spiro atoms. The van der Waals surface area contributed by atoms with Crippen LogP contribution in [0.2, 0.25) is 0 Å². The number of hydrogen-bond donors (Lipinski definition) is 3. The molecular weight excluding hydrogens is 232 g/mol. The number of aryl methyl sites for hydroxylation is 1. The maximum atomic E-state index is 10.8. The summed E-state index contributed by atoms with van der Waals surface area (Å²) in [5, 5.41) is 21.6. The lowest BCUT2D eigenvalue weighted by Gasteiger charge is -2.14. The summed E-state index contributed by atoms with van der Waals surface area (Å²) >= 11 is 0. The lowest BCUT2D eigenvalue weighted by molar-refractivity contribution is 0.0695. The highest BCUT2D eigenvalue weighted by Gasteiger charge is 2.10. The van der Waals surface area contributed by atoms with Crippen LogP contribution in [0.15, 0.2) is 12.1 Å². The van der Waals surface area contributed by atoms with Crippen molar-refractivity contribution in [3.8, 4) is 0 Å². The van der Waals surface area contributed by atoms with E-state index in [1.165, 1.54) is 6.07 Å². The Bertz CT molecular complexity index is 419. The Hall–Kier alpha value is -1.62. The summed E-state index contributed by atoms with van der Waals surface area (Å²) in [6.45, 7) is 6.16. The van der Waals surface area contributed by atoms with Gasteiger partial charge in [0.05, 0.1) is 17.4 Å². The van der Waals surface area contributed by atoms with Crippen molar-refractivity contribution in [3.63, 3.8) is 0 Å². The fourth-order valence-electron chi connectivity index (χ4n) is 1.74. The highest BCUT2D eigenvalue weighted by atomic mass is 16.4. The number of nitrogens with zero attached hydrogens (tertiary/aromatic N) is 1. The quantitative estimate of drug-likeness (QED) is 0.720. The van der Waals surface area contributed by atoms with E-state index >= 15 is 0 Å². The summed E-state index contributed by atoms with van der Waals surface area (Å²) < 4.78 is 0. The highest BCUT2D eigenvalue weighted by molar-refractivity contribution is 5.89. The lowest BCUT2D eigenvalue weighted by Crippen LogP contribution is -2.21. The van der Waals surface area contributed by atoms with E-state index in [-0.39, 0.29) is 5.56 Å². The molecule has 1 heterocycles. The highest BCUT2D eigenvalue weighted by Crippen LogP contribution is 2.11. The molecule has 1 unspecified atom stereocenters. The maximum Gasteiger partial charge on any atom is 0.337 e. The molecular formula is C13H20N2O3. The smallest absolute Gasteiger partial charge is 0.337 e. The Morgan fingerprint density at radius 2 is 2.11 bits per heavy atom. The van der Waals surface area contributed by atoms with E-state index in [2.05, 4.69) is 10.3 Å². The molecule has 100 valence electrons. The molecule has 5 nitrogen and oxygen atoms in total. The first kappa shape index (κ1) is 14.4. The summed E-state index contributed by atoms with van der Waals surface area (Å²) in [4.78, 5) is 15.0. The summed E-state index contributed by atoms with van der Waals surface area (Å²) in [7, 11) is 0. The van der Waals surface area contributed by atoms with Gasteiger partial charge in [0.15, 0.2) is 0 Å². The van der Waals surface area contributed by atoms with Crippen LogP contribution < -0.4 is 5.32 Å². The molecule has 3 N–H and O–H groups in total. The molecule has 0 aliphatic rings. The first-order valence-corrected chi connectivity index (χ1v) is 6.03. The molecule has 0 aromatic carbocycles. The molecule has 18 heavy (non-hydrogen) atoms. The Balaban J connectivity index is 2.58. The number of hydrogen-bond acceptors (Lipinski definition) is 4. The van der Waals surface area contributed by atoms with Crippen LogP contribution in [0.4, 0.5) is 5.82 Å². The predicted octanol–water partition coefficient (Wildman–Crippen LogP) is 1.91. The van der Waals surface area contributed by atoms with Gasteiger partial charge in [0.25, 0.3) is 0 Å². The molecule has 0 amide bonds. The normalized spacial score (nSPS) is 12.5. The number of carboxylic acids is 1. The molecule has 0 bridgehead atoms. The fraction of sp³-hybridized carbons (Fsp3) is 0.538. The molecule has 0 radical (unpaired) electrons. The molecule has 0 aliphatic heterocycles. The van der Waals surface area contributed by atoms with E-state index in [4.69, 9.17) is 5.11 Å². The number of aliphatic hydroxyl groups is 1. The van der Waals surface area contributed by atoms with E-state index < -0.39 is 12.1 Å². The van der Waals surface area contributed by atoms with Crippen molar-refractivity contribution in [2.75, 3.05) is 11.9 Å². The van der Waals surface area contributed by atoms with Crippen LogP contribution in [-0.4, -0.2) is 33.8 Å². The first-order valence-electron chi connectivity index (χ1n) is 6.03. The summed E-state index contributed by atoms with van der Waals surface area (Å²) in [6.07, 6.45) is 0.297. The van der Waals surface area contributed by atoms with Crippen molar-refractivity contribution in [2.45, 2.75) is 33.3 Å². The topological polar surface area (TPSA) is 82.5 Å². The second-order valence-electron chi connectivity index (χ2n) is 4.80. The molecule has 0 fully saturated rings. The van der Waals surface area contributed by atoms with Gasteiger partial charge in [-0.05, 0) is 31.4 Å². The molecule has 0 aliphatic carbocycles. The van der Waals surface area contributed by atoms with E-state index in [0.717, 1.165) is 6.42 Å². The number of aromatic carboxylic acids is 1. The minimum atomic E-state index is -0.980. The number of carbonyl (C=O) groups is 1. The van der Waals surface area contributed by atoms with Crippen LogP contribution in [0.25, 0.3) is 0 Å². The standard InChI is InChI=1S/C13H20N2O3/c1-8(2)6-10(16)7-14-12-5-4-11(13(17)18)9(3)15-12/h4-5,8,10,16H,6-7H2,1-3H3,(H,14,15)(H,17,18). The number of nitrogens with one attached hydrogen (secondary N) is 1. The predicted molar refractivity (Wildman–Crippen MR) is 69.9 cm³/mol. The number of aromatic nitrogens is 1. The fourth-order valence-corrected chi connectivity index (χ4v) is 1.74. The van der Waals surface area contributed by atoms with Gasteiger partial charge in [-0.3, -0.25) is 0 Å². The van der Waals surface area contributed by atoms with Gasteiger partial charge in [0.1, 0.15) is 5.82 Å². The van der Waals surface area contributed by atoms with Gasteiger partial charge >= 0.3 is 5.97 Å². The minimum Gasteiger partial charge on any atom is -0.478 e. The Kier molecular flexibility index (Phi) is 5.09. The van der Waals surface area contributed by atoms with E-state index in [9.17, 15) is 9.90 Å². The van der Waals surface area contributed by atoms with Gasteiger partial charge in [0.2, 0.25) is 0 Å². The van der Waals surface area contributed by atoms with Crippen molar-refractivity contribution in [2.24, 2.45) is 5.92 Å². The molecule has 1 aromatic heterocycles. The molecule has 0 saturated carbocycles. The monoisotopic (exact) mass is 252 g/mol. The summed E-state index contributed by atoms with van der Waals surface area (Å²) in [6, 6.07) is 3.13. The third-order valence-electron chi connectivity index (χ3n) is 2.58. The third-order valence-corrected chi connectivity index (χ3v) is 2.58. The van der Waals surface area contributed by atoms with Crippen molar-refractivity contribution in [1.82, 2.24) is 4.98 Å². The maximum absolute atomic E-state index is 10.8. The molecule has 0 saturated heterocycles. The van der Waals surface area contributed by atoms with Gasteiger partial charge in [-0.2, -0.15) is 0 Å². The van der Waals surface area contributed by atoms with E-state index in [1.54, 1.807) is 13.0 Å². The number of rotatable bonds is 6. The van der Waals surface area contributed by atoms with Crippen molar-refractivity contribution in [1.29, 1.82) is 0 Å². The van der Waals surface area contributed by atoms with Crippen LogP contribution in [0, 0.1) is 12.8 Å². The van der Waals surface area contributed by atoms with Gasteiger partial charge < -0.3 is 15.5 Å². The Labute approximate surface area is 107 Å². The van der Waals surface area contributed by atoms with Crippen LogP contribution in [0.5, 0.6) is 0 Å². The minimum absolute atomic E-state index is 0.197. The number of carboxylic acid groups (broad SMARTS) is 1. The zero-order chi connectivity index (χ0) is 13.7. The van der Waals surface area contributed by atoms with Gasteiger partial charge in [-0.25, -0.2) is 9.78 Å². The molecule has 1 aromatic rings. The van der Waals surface area contributed by atoms with Crippen molar-refractivity contribution >= 4 is 11.8 Å². The second kappa shape index (κ2) is 6.35. The third kappa shape index (κ3) is 4.33. The Morgan fingerprint density at radius 1 is 1.44 bits per heavy atom. The average molecular weight is 252 g/mol. The van der Waals surface area contributed by atoms with Gasteiger partial charge in [0, 0.05) is 6.54 Å². The summed E-state index contributed by atoms with van der Waals surface area (Å²) in [5.74, 6) is 0.0394. The van der Waals surface area contributed by atoms with Crippen molar-refractivity contribution < 1.29 is 15.0 Å². The van der Waals surface area contributed by atoms with E-state index in [0.29, 0.717) is 24.0 Å². The first-order chi connectivity index (χ1) is 8.40. The van der Waals surface area contributed by atoms with Gasteiger partial charge in [-0.15, -0.1) is 0 Å². The van der Waals surface area contributed by atoms with E-state index in [1.807, 2.05) is 13.8 Å². The van der Waals surface area contributed by atoms with Crippen LogP contribution in [0.3, 0.4) is 0 Å². The Morgan fingerprint density at radius 3 is 2.61 bits per heavy atom. The zero-order valence-electron chi connectivity index (χ0n) is 11.0. The molecule has 5 heteroatoms. The molecule has 1 atom stereocenters.